The fourth-order valence-corrected chi connectivity index (χ4v) is 1.55. The van der Waals surface area contributed by atoms with E-state index in [2.05, 4.69) is 5.10 Å². The Bertz CT molecular complexity index is 615. The summed E-state index contributed by atoms with van der Waals surface area (Å²) in [6.45, 7) is 0. The second kappa shape index (κ2) is 4.69. The van der Waals surface area contributed by atoms with E-state index in [-0.39, 0.29) is 11.6 Å². The van der Waals surface area contributed by atoms with Crippen molar-refractivity contribution in [2.45, 2.75) is 5.88 Å². The summed E-state index contributed by atoms with van der Waals surface area (Å²) in [5.74, 6) is -2.05. The predicted octanol–water partition coefficient (Wildman–Crippen LogP) is 2.80. The first kappa shape index (κ1) is 12.4. The Hall–Kier alpha value is -2.02. The summed E-state index contributed by atoms with van der Waals surface area (Å²) in [5.41, 5.74) is -0.545. The second-order valence-electron chi connectivity index (χ2n) is 3.40. The molecular weight excluding hydrogens is 268 g/mol. The number of nitro groups is 1. The van der Waals surface area contributed by atoms with Crippen LogP contribution in [0.1, 0.15) is 5.69 Å². The van der Waals surface area contributed by atoms with Crippen molar-refractivity contribution in [2.75, 3.05) is 0 Å². The van der Waals surface area contributed by atoms with E-state index >= 15 is 0 Å². The highest BCUT2D eigenvalue weighted by Gasteiger charge is 2.19. The summed E-state index contributed by atoms with van der Waals surface area (Å²) in [7, 11) is 0. The number of nitro benzene ring substituents is 1. The van der Waals surface area contributed by atoms with Crippen LogP contribution in [0.4, 0.5) is 14.5 Å². The van der Waals surface area contributed by atoms with Gasteiger partial charge in [0.05, 0.1) is 16.5 Å². The van der Waals surface area contributed by atoms with E-state index < -0.39 is 22.2 Å². The molecule has 0 saturated heterocycles. The van der Waals surface area contributed by atoms with Crippen LogP contribution in [0.2, 0.25) is 0 Å². The van der Waals surface area contributed by atoms with Crippen LogP contribution in [0.3, 0.4) is 0 Å². The number of benzene rings is 1. The fraction of sp³-hybridized carbons (Fsp3) is 0.100. The van der Waals surface area contributed by atoms with Crippen molar-refractivity contribution in [3.63, 3.8) is 0 Å². The molecule has 0 aliphatic rings. The molecule has 18 heavy (non-hydrogen) atoms. The smallest absolute Gasteiger partial charge is 0.258 e. The number of alkyl halides is 1. The molecule has 0 bridgehead atoms. The maximum Gasteiger partial charge on any atom is 0.307 e. The highest BCUT2D eigenvalue weighted by atomic mass is 35.5. The monoisotopic (exact) mass is 273 g/mol. The maximum atomic E-state index is 13.5. The second-order valence-corrected chi connectivity index (χ2v) is 3.66. The molecule has 1 aromatic heterocycles. The molecule has 2 aromatic rings. The van der Waals surface area contributed by atoms with Crippen molar-refractivity contribution >= 4 is 17.3 Å². The molecule has 0 aliphatic carbocycles. The summed E-state index contributed by atoms with van der Waals surface area (Å²) >= 11 is 5.54. The lowest BCUT2D eigenvalue weighted by molar-refractivity contribution is -0.387. The van der Waals surface area contributed by atoms with E-state index in [0.717, 1.165) is 10.7 Å². The van der Waals surface area contributed by atoms with Crippen LogP contribution in [0.15, 0.2) is 24.4 Å². The van der Waals surface area contributed by atoms with Gasteiger partial charge in [-0.25, -0.2) is 9.07 Å². The molecule has 0 aliphatic heterocycles. The van der Waals surface area contributed by atoms with Crippen molar-refractivity contribution in [1.82, 2.24) is 9.78 Å². The normalized spacial score (nSPS) is 10.6. The Morgan fingerprint density at radius 3 is 2.67 bits per heavy atom. The molecule has 5 nitrogen and oxygen atoms in total. The molecule has 0 amide bonds. The van der Waals surface area contributed by atoms with Gasteiger partial charge in [0.1, 0.15) is 5.69 Å². The van der Waals surface area contributed by atoms with Crippen molar-refractivity contribution < 1.29 is 13.7 Å². The van der Waals surface area contributed by atoms with Gasteiger partial charge in [0.15, 0.2) is 5.82 Å². The van der Waals surface area contributed by atoms with E-state index in [0.29, 0.717) is 11.8 Å². The molecule has 0 fully saturated rings. The Morgan fingerprint density at radius 1 is 1.39 bits per heavy atom. The molecule has 0 spiro atoms. The SMILES string of the molecule is O=[N+]([O-])c1cc(-n2ccc(CCl)n2)c(F)cc1F. The minimum atomic E-state index is -1.23. The lowest BCUT2D eigenvalue weighted by Gasteiger charge is -2.03. The Balaban J connectivity index is 2.56. The molecule has 0 unspecified atom stereocenters. The number of halogens is 3. The summed E-state index contributed by atoms with van der Waals surface area (Å²) in [6, 6.07) is 2.77. The zero-order valence-electron chi connectivity index (χ0n) is 8.81. The highest BCUT2D eigenvalue weighted by molar-refractivity contribution is 6.16. The summed E-state index contributed by atoms with van der Waals surface area (Å²) < 4.78 is 27.7. The van der Waals surface area contributed by atoms with Crippen LogP contribution >= 0.6 is 11.6 Å². The van der Waals surface area contributed by atoms with Gasteiger partial charge in [-0.3, -0.25) is 10.1 Å². The number of aromatic nitrogens is 2. The molecule has 0 atom stereocenters. The Labute approximate surface area is 105 Å². The summed E-state index contributed by atoms with van der Waals surface area (Å²) in [4.78, 5) is 9.64. The Morgan fingerprint density at radius 2 is 2.11 bits per heavy atom. The third kappa shape index (κ3) is 2.17. The minimum Gasteiger partial charge on any atom is -0.258 e. The van der Waals surface area contributed by atoms with Crippen LogP contribution in [-0.4, -0.2) is 14.7 Å². The first-order valence-corrected chi connectivity index (χ1v) is 5.30. The predicted molar refractivity (Wildman–Crippen MR) is 59.7 cm³/mol. The highest BCUT2D eigenvalue weighted by Crippen LogP contribution is 2.24. The zero-order valence-corrected chi connectivity index (χ0v) is 9.56. The largest absolute Gasteiger partial charge is 0.307 e. The van der Waals surface area contributed by atoms with Crippen molar-refractivity contribution in [1.29, 1.82) is 0 Å². The molecule has 0 saturated carbocycles. The van der Waals surface area contributed by atoms with E-state index in [1.54, 1.807) is 0 Å². The van der Waals surface area contributed by atoms with Gasteiger partial charge in [-0.2, -0.15) is 9.49 Å². The molecular formula is C10H6ClF2N3O2. The molecule has 0 N–H and O–H groups in total. The van der Waals surface area contributed by atoms with Crippen LogP contribution < -0.4 is 0 Å². The molecule has 1 heterocycles. The zero-order chi connectivity index (χ0) is 13.3. The summed E-state index contributed by atoms with van der Waals surface area (Å²) in [6.07, 6.45) is 1.39. The average molecular weight is 274 g/mol. The van der Waals surface area contributed by atoms with Gasteiger partial charge in [0.2, 0.25) is 5.82 Å². The van der Waals surface area contributed by atoms with Crippen molar-refractivity contribution in [3.05, 3.63) is 51.8 Å². The topological polar surface area (TPSA) is 61.0 Å². The van der Waals surface area contributed by atoms with Gasteiger partial charge < -0.3 is 0 Å². The lowest BCUT2D eigenvalue weighted by atomic mass is 10.2. The molecule has 1 aromatic carbocycles. The minimum absolute atomic E-state index is 0.123. The molecule has 94 valence electrons. The van der Waals surface area contributed by atoms with E-state index in [1.165, 1.54) is 12.3 Å². The van der Waals surface area contributed by atoms with Gasteiger partial charge >= 0.3 is 5.69 Å². The quantitative estimate of drug-likeness (QED) is 0.491. The number of hydrogen-bond donors (Lipinski definition) is 0. The van der Waals surface area contributed by atoms with E-state index in [4.69, 9.17) is 11.6 Å². The maximum absolute atomic E-state index is 13.5. The first-order valence-electron chi connectivity index (χ1n) is 4.77. The molecule has 8 heteroatoms. The van der Waals surface area contributed by atoms with Gasteiger partial charge in [0.25, 0.3) is 0 Å². The molecule has 2 rings (SSSR count). The number of nitrogens with zero attached hydrogens (tertiary/aromatic N) is 3. The Kier molecular flexibility index (Phi) is 3.24. The third-order valence-electron chi connectivity index (χ3n) is 2.24. The van der Waals surface area contributed by atoms with Crippen molar-refractivity contribution in [2.24, 2.45) is 0 Å². The van der Waals surface area contributed by atoms with Gasteiger partial charge in [-0.05, 0) is 6.07 Å². The molecule has 0 radical (unpaired) electrons. The van der Waals surface area contributed by atoms with Crippen LogP contribution in [0.5, 0.6) is 0 Å². The van der Waals surface area contributed by atoms with Crippen LogP contribution in [0.25, 0.3) is 5.69 Å². The summed E-state index contributed by atoms with van der Waals surface area (Å²) in [5, 5.41) is 14.5. The number of hydrogen-bond acceptors (Lipinski definition) is 3. The number of rotatable bonds is 3. The van der Waals surface area contributed by atoms with Crippen molar-refractivity contribution in [3.8, 4) is 5.69 Å². The van der Waals surface area contributed by atoms with Gasteiger partial charge in [-0.1, -0.05) is 0 Å². The van der Waals surface area contributed by atoms with Crippen LogP contribution in [-0.2, 0) is 5.88 Å². The van der Waals surface area contributed by atoms with Crippen LogP contribution in [0, 0.1) is 21.7 Å². The van der Waals surface area contributed by atoms with E-state index in [9.17, 15) is 18.9 Å². The van der Waals surface area contributed by atoms with Gasteiger partial charge in [0, 0.05) is 18.3 Å². The fourth-order valence-electron chi connectivity index (χ4n) is 1.41. The lowest BCUT2D eigenvalue weighted by Crippen LogP contribution is -2.02. The van der Waals surface area contributed by atoms with Gasteiger partial charge in [-0.15, -0.1) is 11.6 Å². The average Bonchev–Trinajstić information content (AvgIpc) is 2.77. The standard InChI is InChI=1S/C10H6ClF2N3O2/c11-5-6-1-2-15(14-6)9-4-10(16(17)18)8(13)3-7(9)12/h1-4H,5H2. The third-order valence-corrected chi connectivity index (χ3v) is 2.51. The van der Waals surface area contributed by atoms with E-state index in [1.807, 2.05) is 0 Å². The first-order chi connectivity index (χ1) is 8.52.